The van der Waals surface area contributed by atoms with Gasteiger partial charge in [-0.3, -0.25) is 10.1 Å². The van der Waals surface area contributed by atoms with Crippen molar-refractivity contribution >= 4 is 40.3 Å². The van der Waals surface area contributed by atoms with Crippen molar-refractivity contribution in [2.45, 2.75) is 0 Å². The number of halogens is 1. The van der Waals surface area contributed by atoms with Gasteiger partial charge in [0.1, 0.15) is 0 Å². The maximum Gasteiger partial charge on any atom is 0.273 e. The Hall–Kier alpha value is -1.60. The van der Waals surface area contributed by atoms with Crippen molar-refractivity contribution in [3.05, 3.63) is 27.3 Å². The van der Waals surface area contributed by atoms with Gasteiger partial charge in [0.15, 0.2) is 10.9 Å². The van der Waals surface area contributed by atoms with Gasteiger partial charge in [0.05, 0.1) is 15.6 Å². The number of thiocarbonyl (C=S) groups is 1. The maximum atomic E-state index is 10.5. The minimum Gasteiger partial charge on any atom is -0.504 e. The average Bonchev–Trinajstić information content (AvgIpc) is 2.11. The van der Waals surface area contributed by atoms with Crippen LogP contribution in [0.25, 0.3) is 0 Å². The van der Waals surface area contributed by atoms with Gasteiger partial charge < -0.3 is 16.2 Å². The van der Waals surface area contributed by atoms with Crippen LogP contribution in [0.15, 0.2) is 12.1 Å². The topological polar surface area (TPSA) is 101 Å². The van der Waals surface area contributed by atoms with Gasteiger partial charge in [-0.25, -0.2) is 0 Å². The quantitative estimate of drug-likeness (QED) is 0.318. The van der Waals surface area contributed by atoms with E-state index < -0.39 is 4.92 Å². The van der Waals surface area contributed by atoms with E-state index in [1.165, 1.54) is 0 Å². The Morgan fingerprint density at radius 1 is 1.67 bits per heavy atom. The van der Waals surface area contributed by atoms with E-state index in [0.29, 0.717) is 0 Å². The Kier molecular flexibility index (Phi) is 3.28. The fraction of sp³-hybridized carbons (Fsp3) is 0. The number of hydrogen-bond donors (Lipinski definition) is 3. The summed E-state index contributed by atoms with van der Waals surface area (Å²) in [5.41, 5.74) is 4.90. The van der Waals surface area contributed by atoms with Crippen LogP contribution in [-0.4, -0.2) is 15.1 Å². The second-order valence-electron chi connectivity index (χ2n) is 2.57. The van der Waals surface area contributed by atoms with Gasteiger partial charge in [-0.1, -0.05) is 11.6 Å². The lowest BCUT2D eigenvalue weighted by Gasteiger charge is -2.07. The summed E-state index contributed by atoms with van der Waals surface area (Å²) < 4.78 is 0. The van der Waals surface area contributed by atoms with E-state index in [-0.39, 0.29) is 27.3 Å². The van der Waals surface area contributed by atoms with Gasteiger partial charge in [0.25, 0.3) is 5.69 Å². The molecule has 0 heterocycles. The number of nitro benzene ring substituents is 1. The Labute approximate surface area is 94.8 Å². The predicted octanol–water partition coefficient (Wildman–Crippen LogP) is 1.61. The Morgan fingerprint density at radius 2 is 2.27 bits per heavy atom. The molecule has 8 heteroatoms. The third-order valence-electron chi connectivity index (χ3n) is 1.52. The molecule has 0 aliphatic carbocycles. The van der Waals surface area contributed by atoms with E-state index in [1.54, 1.807) is 0 Å². The zero-order valence-electron chi connectivity index (χ0n) is 7.23. The van der Waals surface area contributed by atoms with Gasteiger partial charge >= 0.3 is 0 Å². The molecular weight excluding hydrogens is 242 g/mol. The van der Waals surface area contributed by atoms with Crippen molar-refractivity contribution < 1.29 is 10.0 Å². The monoisotopic (exact) mass is 247 g/mol. The molecule has 0 aliphatic heterocycles. The molecule has 15 heavy (non-hydrogen) atoms. The van der Waals surface area contributed by atoms with E-state index in [4.69, 9.17) is 17.3 Å². The number of non-ortho nitro benzene ring substituents is 1. The average molecular weight is 248 g/mol. The third-order valence-corrected chi connectivity index (χ3v) is 1.91. The molecular formula is C7H6ClN3O3S. The van der Waals surface area contributed by atoms with Gasteiger partial charge in [0, 0.05) is 12.1 Å². The minimum atomic E-state index is -0.643. The number of benzene rings is 1. The number of nitrogens with two attached hydrogens (primary N) is 1. The summed E-state index contributed by atoms with van der Waals surface area (Å²) in [6.07, 6.45) is 0. The number of hydrogen-bond acceptors (Lipinski definition) is 4. The van der Waals surface area contributed by atoms with Crippen molar-refractivity contribution in [1.29, 1.82) is 0 Å². The van der Waals surface area contributed by atoms with Crippen molar-refractivity contribution in [1.82, 2.24) is 0 Å². The molecule has 1 aromatic carbocycles. The van der Waals surface area contributed by atoms with E-state index in [2.05, 4.69) is 17.5 Å². The number of nitro groups is 1. The SMILES string of the molecule is NC(=S)Nc1cc([N+](=O)[O-])cc(Cl)c1O. The standard InChI is InChI=1S/C7H6ClN3O3S/c8-4-1-3(11(13)14)2-5(6(4)12)10-7(9)15/h1-2,12H,(H3,9,10,15). The zero-order chi connectivity index (χ0) is 11.6. The molecule has 0 atom stereocenters. The summed E-state index contributed by atoms with van der Waals surface area (Å²) >= 11 is 10.1. The molecule has 0 unspecified atom stereocenters. The molecule has 0 saturated carbocycles. The smallest absolute Gasteiger partial charge is 0.273 e. The number of phenolic OH excluding ortho intramolecular Hbond substituents is 1. The summed E-state index contributed by atoms with van der Waals surface area (Å²) in [5, 5.41) is 22.0. The number of phenols is 1. The summed E-state index contributed by atoms with van der Waals surface area (Å²) in [7, 11) is 0. The lowest BCUT2D eigenvalue weighted by molar-refractivity contribution is -0.384. The normalized spacial score (nSPS) is 9.67. The Bertz CT molecular complexity index is 438. The summed E-state index contributed by atoms with van der Waals surface area (Å²) in [5.74, 6) is -0.338. The van der Waals surface area contributed by atoms with Gasteiger partial charge in [-0.15, -0.1) is 0 Å². The molecule has 4 N–H and O–H groups in total. The van der Waals surface area contributed by atoms with Crippen LogP contribution in [0.3, 0.4) is 0 Å². The van der Waals surface area contributed by atoms with Crippen LogP contribution in [0.1, 0.15) is 0 Å². The second kappa shape index (κ2) is 4.28. The summed E-state index contributed by atoms with van der Waals surface area (Å²) in [4.78, 5) is 9.83. The summed E-state index contributed by atoms with van der Waals surface area (Å²) in [6, 6.07) is 2.11. The van der Waals surface area contributed by atoms with E-state index in [9.17, 15) is 15.2 Å². The number of aromatic hydroxyl groups is 1. The van der Waals surface area contributed by atoms with Crippen molar-refractivity contribution in [3.8, 4) is 5.75 Å². The molecule has 80 valence electrons. The van der Waals surface area contributed by atoms with E-state index in [0.717, 1.165) is 12.1 Å². The molecule has 0 aliphatic rings. The highest BCUT2D eigenvalue weighted by molar-refractivity contribution is 7.80. The van der Waals surface area contributed by atoms with Gasteiger partial charge in [0.2, 0.25) is 0 Å². The highest BCUT2D eigenvalue weighted by Crippen LogP contribution is 2.35. The van der Waals surface area contributed by atoms with Gasteiger partial charge in [-0.05, 0) is 12.2 Å². The van der Waals surface area contributed by atoms with Gasteiger partial charge in [-0.2, -0.15) is 0 Å². The number of anilines is 1. The zero-order valence-corrected chi connectivity index (χ0v) is 8.80. The van der Waals surface area contributed by atoms with Crippen molar-refractivity contribution in [3.63, 3.8) is 0 Å². The molecule has 0 amide bonds. The first kappa shape index (κ1) is 11.5. The Balaban J connectivity index is 3.24. The Morgan fingerprint density at radius 3 is 2.73 bits per heavy atom. The first-order valence-electron chi connectivity index (χ1n) is 3.65. The first-order valence-corrected chi connectivity index (χ1v) is 4.44. The van der Waals surface area contributed by atoms with Crippen LogP contribution in [0, 0.1) is 10.1 Å². The van der Waals surface area contributed by atoms with Crippen LogP contribution in [0.2, 0.25) is 5.02 Å². The molecule has 0 radical (unpaired) electrons. The summed E-state index contributed by atoms with van der Waals surface area (Å²) in [6.45, 7) is 0. The van der Waals surface area contributed by atoms with Crippen LogP contribution in [0.5, 0.6) is 5.75 Å². The minimum absolute atomic E-state index is 0.00157. The molecule has 0 saturated heterocycles. The van der Waals surface area contributed by atoms with Crippen LogP contribution in [0.4, 0.5) is 11.4 Å². The number of nitrogens with zero attached hydrogens (tertiary/aromatic N) is 1. The second-order valence-corrected chi connectivity index (χ2v) is 3.42. The van der Waals surface area contributed by atoms with E-state index in [1.807, 2.05) is 0 Å². The molecule has 0 bridgehead atoms. The lowest BCUT2D eigenvalue weighted by atomic mass is 10.2. The van der Waals surface area contributed by atoms with Crippen molar-refractivity contribution in [2.24, 2.45) is 5.73 Å². The highest BCUT2D eigenvalue weighted by atomic mass is 35.5. The van der Waals surface area contributed by atoms with Crippen LogP contribution >= 0.6 is 23.8 Å². The third kappa shape index (κ3) is 2.67. The van der Waals surface area contributed by atoms with Crippen molar-refractivity contribution in [2.75, 3.05) is 5.32 Å². The first-order chi connectivity index (χ1) is 6.91. The number of nitrogens with one attached hydrogen (secondary N) is 1. The van der Waals surface area contributed by atoms with Crippen LogP contribution in [-0.2, 0) is 0 Å². The fourth-order valence-electron chi connectivity index (χ4n) is 0.918. The fourth-order valence-corrected chi connectivity index (χ4v) is 1.24. The molecule has 0 fully saturated rings. The molecule has 6 nitrogen and oxygen atoms in total. The highest BCUT2D eigenvalue weighted by Gasteiger charge is 2.15. The lowest BCUT2D eigenvalue weighted by Crippen LogP contribution is -2.19. The molecule has 0 aromatic heterocycles. The molecule has 0 spiro atoms. The number of rotatable bonds is 2. The molecule has 1 aromatic rings. The largest absolute Gasteiger partial charge is 0.504 e. The molecule has 1 rings (SSSR count). The maximum absolute atomic E-state index is 10.5. The predicted molar refractivity (Wildman–Crippen MR) is 60.2 cm³/mol. The van der Waals surface area contributed by atoms with Crippen LogP contribution < -0.4 is 11.1 Å². The van der Waals surface area contributed by atoms with E-state index >= 15 is 0 Å².